The number of hydrogen-bond donors (Lipinski definition) is 1. The minimum Gasteiger partial charge on any atom is -0.321 e. The lowest BCUT2D eigenvalue weighted by Crippen LogP contribution is -2.14. The summed E-state index contributed by atoms with van der Waals surface area (Å²) in [6.45, 7) is 5.98. The van der Waals surface area contributed by atoms with Crippen LogP contribution in [0.4, 0.5) is 5.69 Å². The molecular weight excluding hydrogens is 302 g/mol. The highest BCUT2D eigenvalue weighted by molar-refractivity contribution is 9.10. The molecule has 0 spiro atoms. The zero-order valence-electron chi connectivity index (χ0n) is 11.3. The van der Waals surface area contributed by atoms with Crippen molar-refractivity contribution < 1.29 is 4.79 Å². The van der Waals surface area contributed by atoms with Crippen molar-refractivity contribution in [2.45, 2.75) is 20.8 Å². The lowest BCUT2D eigenvalue weighted by Gasteiger charge is -2.11. The van der Waals surface area contributed by atoms with E-state index in [-0.39, 0.29) is 5.91 Å². The highest BCUT2D eigenvalue weighted by Crippen LogP contribution is 2.24. The monoisotopic (exact) mass is 317 g/mol. The van der Waals surface area contributed by atoms with Crippen LogP contribution in [0.5, 0.6) is 0 Å². The fraction of sp³-hybridized carbons (Fsp3) is 0.188. The van der Waals surface area contributed by atoms with Gasteiger partial charge in [0, 0.05) is 10.0 Å². The number of anilines is 1. The quantitative estimate of drug-likeness (QED) is 0.859. The van der Waals surface area contributed by atoms with Crippen LogP contribution in [0.1, 0.15) is 27.0 Å². The predicted molar refractivity (Wildman–Crippen MR) is 82.7 cm³/mol. The molecule has 0 aromatic heterocycles. The molecule has 1 amide bonds. The average Bonchev–Trinajstić information content (AvgIpc) is 2.37. The molecule has 0 unspecified atom stereocenters. The number of hydrogen-bond acceptors (Lipinski definition) is 1. The van der Waals surface area contributed by atoms with E-state index < -0.39 is 0 Å². The van der Waals surface area contributed by atoms with Crippen molar-refractivity contribution in [3.05, 3.63) is 63.1 Å². The first-order chi connectivity index (χ1) is 8.99. The average molecular weight is 318 g/mol. The molecule has 0 radical (unpaired) electrons. The van der Waals surface area contributed by atoms with Crippen LogP contribution in [0.3, 0.4) is 0 Å². The van der Waals surface area contributed by atoms with Gasteiger partial charge in [-0.1, -0.05) is 18.2 Å². The van der Waals surface area contributed by atoms with Gasteiger partial charge in [0.1, 0.15) is 0 Å². The number of amides is 1. The Kier molecular flexibility index (Phi) is 4.05. The summed E-state index contributed by atoms with van der Waals surface area (Å²) in [5.74, 6) is -0.0764. The van der Waals surface area contributed by atoms with E-state index in [1.165, 1.54) is 0 Å². The van der Waals surface area contributed by atoms with Crippen LogP contribution in [0.25, 0.3) is 0 Å². The molecule has 2 nitrogen and oxygen atoms in total. The molecule has 0 aliphatic rings. The molecule has 3 heteroatoms. The molecular formula is C16H16BrNO. The molecule has 19 heavy (non-hydrogen) atoms. The number of carbonyl (C=O) groups excluding carboxylic acids is 1. The fourth-order valence-electron chi connectivity index (χ4n) is 1.92. The van der Waals surface area contributed by atoms with Gasteiger partial charge in [0.05, 0.1) is 5.69 Å². The zero-order chi connectivity index (χ0) is 14.0. The van der Waals surface area contributed by atoms with Crippen molar-refractivity contribution in [2.75, 3.05) is 5.32 Å². The Hall–Kier alpha value is -1.61. The second-order valence-corrected chi connectivity index (χ2v) is 5.54. The van der Waals surface area contributed by atoms with Crippen molar-refractivity contribution in [1.82, 2.24) is 0 Å². The molecule has 2 aromatic rings. The third-order valence-electron chi connectivity index (χ3n) is 3.22. The van der Waals surface area contributed by atoms with Gasteiger partial charge < -0.3 is 5.32 Å². The van der Waals surface area contributed by atoms with Gasteiger partial charge in [-0.05, 0) is 71.6 Å². The molecule has 0 fully saturated rings. The Morgan fingerprint density at radius 1 is 1.11 bits per heavy atom. The maximum atomic E-state index is 12.3. The van der Waals surface area contributed by atoms with E-state index in [1.807, 2.05) is 57.2 Å². The first kappa shape index (κ1) is 13.8. The van der Waals surface area contributed by atoms with Gasteiger partial charge in [-0.15, -0.1) is 0 Å². The van der Waals surface area contributed by atoms with Crippen LogP contribution in [0.2, 0.25) is 0 Å². The first-order valence-electron chi connectivity index (χ1n) is 6.13. The maximum absolute atomic E-state index is 12.3. The van der Waals surface area contributed by atoms with Crippen LogP contribution >= 0.6 is 15.9 Å². The highest BCUT2D eigenvalue weighted by Gasteiger charge is 2.11. The molecule has 0 bridgehead atoms. The van der Waals surface area contributed by atoms with Gasteiger partial charge in [-0.25, -0.2) is 0 Å². The van der Waals surface area contributed by atoms with Crippen LogP contribution in [0, 0.1) is 20.8 Å². The third kappa shape index (κ3) is 3.04. The molecule has 0 aliphatic carbocycles. The van der Waals surface area contributed by atoms with Gasteiger partial charge in [-0.3, -0.25) is 4.79 Å². The van der Waals surface area contributed by atoms with Crippen molar-refractivity contribution in [1.29, 1.82) is 0 Å². The van der Waals surface area contributed by atoms with E-state index in [0.29, 0.717) is 5.56 Å². The second kappa shape index (κ2) is 5.57. The minimum atomic E-state index is -0.0764. The topological polar surface area (TPSA) is 29.1 Å². The highest BCUT2D eigenvalue weighted by atomic mass is 79.9. The van der Waals surface area contributed by atoms with Crippen molar-refractivity contribution in [2.24, 2.45) is 0 Å². The fourth-order valence-corrected chi connectivity index (χ4v) is 2.27. The van der Waals surface area contributed by atoms with E-state index in [0.717, 1.165) is 26.9 Å². The number of halogens is 1. The Morgan fingerprint density at radius 2 is 1.84 bits per heavy atom. The molecule has 2 rings (SSSR count). The van der Waals surface area contributed by atoms with Crippen LogP contribution in [-0.4, -0.2) is 5.91 Å². The Morgan fingerprint density at radius 3 is 2.58 bits per heavy atom. The number of nitrogens with one attached hydrogen (secondary N) is 1. The van der Waals surface area contributed by atoms with Crippen LogP contribution < -0.4 is 5.32 Å². The summed E-state index contributed by atoms with van der Waals surface area (Å²) in [6, 6.07) is 11.7. The normalized spacial score (nSPS) is 10.3. The molecule has 2 aromatic carbocycles. The number of aryl methyl sites for hydroxylation is 2. The summed E-state index contributed by atoms with van der Waals surface area (Å²) in [4.78, 5) is 12.3. The maximum Gasteiger partial charge on any atom is 0.255 e. The number of benzene rings is 2. The first-order valence-corrected chi connectivity index (χ1v) is 6.92. The summed E-state index contributed by atoms with van der Waals surface area (Å²) in [5, 5.41) is 2.95. The molecule has 0 saturated heterocycles. The van der Waals surface area contributed by atoms with Gasteiger partial charge in [0.25, 0.3) is 5.91 Å². The van der Waals surface area contributed by atoms with Crippen LogP contribution in [-0.2, 0) is 0 Å². The summed E-state index contributed by atoms with van der Waals surface area (Å²) in [6.07, 6.45) is 0. The summed E-state index contributed by atoms with van der Waals surface area (Å²) in [7, 11) is 0. The van der Waals surface area contributed by atoms with Crippen molar-refractivity contribution >= 4 is 27.5 Å². The van der Waals surface area contributed by atoms with E-state index in [9.17, 15) is 4.79 Å². The SMILES string of the molecule is Cc1ccc(Br)c(NC(=O)c2cccc(C)c2C)c1. The molecule has 0 heterocycles. The lowest BCUT2D eigenvalue weighted by atomic mass is 10.0. The zero-order valence-corrected chi connectivity index (χ0v) is 12.8. The molecule has 98 valence electrons. The Labute approximate surface area is 122 Å². The van der Waals surface area contributed by atoms with Crippen molar-refractivity contribution in [3.8, 4) is 0 Å². The van der Waals surface area contributed by atoms with Gasteiger partial charge >= 0.3 is 0 Å². The molecule has 0 saturated carbocycles. The Balaban J connectivity index is 2.31. The summed E-state index contributed by atoms with van der Waals surface area (Å²) in [5.41, 5.74) is 4.76. The van der Waals surface area contributed by atoms with Crippen molar-refractivity contribution in [3.63, 3.8) is 0 Å². The minimum absolute atomic E-state index is 0.0764. The lowest BCUT2D eigenvalue weighted by molar-refractivity contribution is 0.102. The third-order valence-corrected chi connectivity index (χ3v) is 3.91. The summed E-state index contributed by atoms with van der Waals surface area (Å²) >= 11 is 3.45. The van der Waals surface area contributed by atoms with E-state index in [1.54, 1.807) is 0 Å². The molecule has 0 aliphatic heterocycles. The van der Waals surface area contributed by atoms with E-state index in [2.05, 4.69) is 21.2 Å². The number of carbonyl (C=O) groups is 1. The van der Waals surface area contributed by atoms with Gasteiger partial charge in [0.15, 0.2) is 0 Å². The van der Waals surface area contributed by atoms with Gasteiger partial charge in [-0.2, -0.15) is 0 Å². The molecule has 1 N–H and O–H groups in total. The number of rotatable bonds is 2. The van der Waals surface area contributed by atoms with E-state index >= 15 is 0 Å². The van der Waals surface area contributed by atoms with Crippen LogP contribution in [0.15, 0.2) is 40.9 Å². The predicted octanol–water partition coefficient (Wildman–Crippen LogP) is 4.63. The Bertz CT molecular complexity index is 635. The van der Waals surface area contributed by atoms with E-state index in [4.69, 9.17) is 0 Å². The standard InChI is InChI=1S/C16H16BrNO/c1-10-7-8-14(17)15(9-10)18-16(19)13-6-4-5-11(2)12(13)3/h4-9H,1-3H3,(H,18,19). The second-order valence-electron chi connectivity index (χ2n) is 4.68. The smallest absolute Gasteiger partial charge is 0.255 e. The largest absolute Gasteiger partial charge is 0.321 e. The summed E-state index contributed by atoms with van der Waals surface area (Å²) < 4.78 is 0.886. The molecule has 0 atom stereocenters. The van der Waals surface area contributed by atoms with Gasteiger partial charge in [0.2, 0.25) is 0 Å².